The number of pyridine rings is 1. The lowest BCUT2D eigenvalue weighted by Gasteiger charge is -2.12. The molecule has 5 N–H and O–H groups in total. The lowest BCUT2D eigenvalue weighted by atomic mass is 9.97. The first-order valence-electron chi connectivity index (χ1n) is 9.60. The van der Waals surface area contributed by atoms with Gasteiger partial charge in [-0.2, -0.15) is 0 Å². The highest BCUT2D eigenvalue weighted by atomic mass is 32.1. The number of thiophene rings is 1. The lowest BCUT2D eigenvalue weighted by Crippen LogP contribution is -2.04. The summed E-state index contributed by atoms with van der Waals surface area (Å²) < 4.78 is 0. The molecule has 0 saturated heterocycles. The van der Waals surface area contributed by atoms with Gasteiger partial charge in [-0.15, -0.1) is 11.3 Å². The summed E-state index contributed by atoms with van der Waals surface area (Å²) >= 11 is 1.77. The second kappa shape index (κ2) is 9.57. The normalized spacial score (nSPS) is 12.8. The molecule has 7 nitrogen and oxygen atoms in total. The summed E-state index contributed by atoms with van der Waals surface area (Å²) in [7, 11) is 1.96. The van der Waals surface area contributed by atoms with Crippen LogP contribution in [0.3, 0.4) is 0 Å². The molecule has 0 aromatic carbocycles. The largest absolute Gasteiger partial charge is 0.397 e. The molecule has 0 aliphatic heterocycles. The predicted octanol–water partition coefficient (Wildman–Crippen LogP) is 3.90. The van der Waals surface area contributed by atoms with Gasteiger partial charge in [0.15, 0.2) is 0 Å². The standard InChI is InChI=1S/C16H16N6S.C4H11N/c17-6-9-5-13(19-7-11(9)18)22-15-14-10-3-1-2-4-12(10)23-16(14)21-8-20-15;1-3-4-5-2/h5-8,17H,1-4,18H2,(H,19,20,21,22);5H,3-4H2,1-2H3. The number of hydrogen-bond donors (Lipinski definition) is 4. The highest BCUT2D eigenvalue weighted by Gasteiger charge is 2.20. The van der Waals surface area contributed by atoms with Crippen molar-refractivity contribution < 1.29 is 0 Å². The van der Waals surface area contributed by atoms with Gasteiger partial charge in [-0.1, -0.05) is 6.92 Å². The average molecular weight is 398 g/mol. The Morgan fingerprint density at radius 1 is 1.25 bits per heavy atom. The molecule has 0 amide bonds. The van der Waals surface area contributed by atoms with Gasteiger partial charge < -0.3 is 21.8 Å². The fraction of sp³-hybridized carbons (Fsp3) is 0.400. The third-order valence-electron chi connectivity index (χ3n) is 4.62. The SMILES string of the molecule is CCCNC.N=Cc1cc(Nc2ncnc3sc4c(c23)CCCC4)ncc1N. The molecule has 0 fully saturated rings. The first-order valence-corrected chi connectivity index (χ1v) is 10.4. The molecule has 0 bridgehead atoms. The van der Waals surface area contributed by atoms with Crippen LogP contribution in [0.25, 0.3) is 10.2 Å². The number of rotatable bonds is 5. The van der Waals surface area contributed by atoms with Crippen molar-refractivity contribution in [3.8, 4) is 0 Å². The molecule has 3 aromatic rings. The summed E-state index contributed by atoms with van der Waals surface area (Å²) in [4.78, 5) is 15.6. The Morgan fingerprint density at radius 2 is 2.07 bits per heavy atom. The Kier molecular flexibility index (Phi) is 6.89. The molecule has 4 rings (SSSR count). The van der Waals surface area contributed by atoms with E-state index in [9.17, 15) is 0 Å². The maximum Gasteiger partial charge on any atom is 0.144 e. The van der Waals surface area contributed by atoms with E-state index in [1.807, 2.05) is 7.05 Å². The minimum atomic E-state index is 0.492. The summed E-state index contributed by atoms with van der Waals surface area (Å²) in [6.07, 6.45) is 10.3. The van der Waals surface area contributed by atoms with E-state index in [2.05, 4.69) is 32.5 Å². The van der Waals surface area contributed by atoms with Gasteiger partial charge in [0.2, 0.25) is 0 Å². The molecule has 0 spiro atoms. The fourth-order valence-electron chi connectivity index (χ4n) is 3.23. The zero-order chi connectivity index (χ0) is 19.9. The molecule has 0 saturated carbocycles. The van der Waals surface area contributed by atoms with Crippen molar-refractivity contribution in [1.29, 1.82) is 5.41 Å². The van der Waals surface area contributed by atoms with Crippen LogP contribution in [0, 0.1) is 5.41 Å². The number of nitrogen functional groups attached to an aromatic ring is 1. The highest BCUT2D eigenvalue weighted by molar-refractivity contribution is 7.19. The molecule has 3 aromatic heterocycles. The van der Waals surface area contributed by atoms with E-state index in [-0.39, 0.29) is 0 Å². The number of anilines is 3. The van der Waals surface area contributed by atoms with Crippen molar-refractivity contribution in [2.75, 3.05) is 24.6 Å². The van der Waals surface area contributed by atoms with Crippen molar-refractivity contribution in [1.82, 2.24) is 20.3 Å². The van der Waals surface area contributed by atoms with Crippen LogP contribution in [0.1, 0.15) is 42.2 Å². The quantitative estimate of drug-likeness (QED) is 0.486. The number of fused-ring (bicyclic) bond motifs is 3. The number of nitrogens with zero attached hydrogens (tertiary/aromatic N) is 3. The molecule has 8 heteroatoms. The van der Waals surface area contributed by atoms with Crippen molar-refractivity contribution in [3.63, 3.8) is 0 Å². The van der Waals surface area contributed by atoms with E-state index in [0.717, 1.165) is 35.4 Å². The number of nitrogens with one attached hydrogen (secondary N) is 3. The maximum atomic E-state index is 7.41. The Balaban J connectivity index is 0.000000403. The topological polar surface area (TPSA) is 113 Å². The smallest absolute Gasteiger partial charge is 0.144 e. The molecule has 1 aliphatic rings. The zero-order valence-electron chi connectivity index (χ0n) is 16.4. The third-order valence-corrected chi connectivity index (χ3v) is 5.82. The number of aromatic nitrogens is 3. The van der Waals surface area contributed by atoms with Crippen LogP contribution in [0.15, 0.2) is 18.6 Å². The van der Waals surface area contributed by atoms with E-state index in [0.29, 0.717) is 17.1 Å². The summed E-state index contributed by atoms with van der Waals surface area (Å²) in [5.74, 6) is 1.41. The molecule has 0 radical (unpaired) electrons. The molecule has 0 unspecified atom stereocenters. The summed E-state index contributed by atoms with van der Waals surface area (Å²) in [6.45, 7) is 3.29. The predicted molar refractivity (Wildman–Crippen MR) is 118 cm³/mol. The number of nitrogens with two attached hydrogens (primary N) is 1. The van der Waals surface area contributed by atoms with Crippen LogP contribution in [-0.4, -0.2) is 34.8 Å². The Bertz CT molecular complexity index is 949. The van der Waals surface area contributed by atoms with Gasteiger partial charge in [0.25, 0.3) is 0 Å². The van der Waals surface area contributed by atoms with E-state index in [1.54, 1.807) is 29.9 Å². The minimum Gasteiger partial charge on any atom is -0.397 e. The van der Waals surface area contributed by atoms with Crippen LogP contribution in [0.5, 0.6) is 0 Å². The second-order valence-electron chi connectivity index (χ2n) is 6.68. The number of hydrogen-bond acceptors (Lipinski definition) is 8. The fourth-order valence-corrected chi connectivity index (χ4v) is 4.46. The third kappa shape index (κ3) is 4.45. The molecular weight excluding hydrogens is 370 g/mol. The van der Waals surface area contributed by atoms with E-state index in [4.69, 9.17) is 11.1 Å². The van der Waals surface area contributed by atoms with Crippen LogP contribution >= 0.6 is 11.3 Å². The van der Waals surface area contributed by atoms with Gasteiger partial charge in [-0.05, 0) is 57.3 Å². The van der Waals surface area contributed by atoms with Gasteiger partial charge in [0.1, 0.15) is 22.8 Å². The first kappa shape index (κ1) is 20.2. The Hall–Kier alpha value is -2.58. The van der Waals surface area contributed by atoms with Crippen LogP contribution in [-0.2, 0) is 12.8 Å². The molecule has 0 atom stereocenters. The van der Waals surface area contributed by atoms with Crippen LogP contribution < -0.4 is 16.4 Å². The van der Waals surface area contributed by atoms with E-state index >= 15 is 0 Å². The molecule has 3 heterocycles. The lowest BCUT2D eigenvalue weighted by molar-refractivity contribution is 0.700. The summed E-state index contributed by atoms with van der Waals surface area (Å²) in [5.41, 5.74) is 8.30. The molecule has 1 aliphatic carbocycles. The van der Waals surface area contributed by atoms with Crippen LogP contribution in [0.4, 0.5) is 17.3 Å². The van der Waals surface area contributed by atoms with Crippen molar-refractivity contribution in [2.24, 2.45) is 0 Å². The average Bonchev–Trinajstić information content (AvgIpc) is 3.10. The Labute approximate surface area is 169 Å². The van der Waals surface area contributed by atoms with Crippen molar-refractivity contribution in [2.45, 2.75) is 39.0 Å². The van der Waals surface area contributed by atoms with Gasteiger partial charge in [0, 0.05) is 16.7 Å². The second-order valence-corrected chi connectivity index (χ2v) is 7.77. The summed E-state index contributed by atoms with van der Waals surface area (Å²) in [5, 5.41) is 14.8. The molecule has 28 heavy (non-hydrogen) atoms. The van der Waals surface area contributed by atoms with Crippen molar-refractivity contribution >= 4 is 45.1 Å². The van der Waals surface area contributed by atoms with Gasteiger partial charge in [-0.3, -0.25) is 0 Å². The van der Waals surface area contributed by atoms with Gasteiger partial charge in [-0.25, -0.2) is 15.0 Å². The molecular formula is C20H27N7S. The summed E-state index contributed by atoms with van der Waals surface area (Å²) in [6, 6.07) is 1.76. The number of aryl methyl sites for hydroxylation is 2. The highest BCUT2D eigenvalue weighted by Crippen LogP contribution is 2.38. The maximum absolute atomic E-state index is 7.41. The van der Waals surface area contributed by atoms with E-state index in [1.165, 1.54) is 35.9 Å². The van der Waals surface area contributed by atoms with Crippen molar-refractivity contribution in [3.05, 3.63) is 34.6 Å². The van der Waals surface area contributed by atoms with Gasteiger partial charge >= 0.3 is 0 Å². The minimum absolute atomic E-state index is 0.492. The van der Waals surface area contributed by atoms with Gasteiger partial charge in [0.05, 0.1) is 17.3 Å². The van der Waals surface area contributed by atoms with E-state index < -0.39 is 0 Å². The van der Waals surface area contributed by atoms with Crippen LogP contribution in [0.2, 0.25) is 0 Å². The molecule has 148 valence electrons. The Morgan fingerprint density at radius 3 is 2.79 bits per heavy atom. The zero-order valence-corrected chi connectivity index (χ0v) is 17.2. The monoisotopic (exact) mass is 397 g/mol. The first-order chi connectivity index (χ1) is 13.7.